The Morgan fingerprint density at radius 1 is 0.342 bits per heavy atom. The monoisotopic (exact) mass is 736 g/mol. The van der Waals surface area contributed by atoms with Crippen LogP contribution in [-0.4, -0.2) is 15.0 Å². The van der Waals surface area contributed by atoms with Crippen molar-refractivity contribution < 1.29 is 20.1 Å². The molecule has 1 radical (unpaired) electrons. The SMILES string of the molecule is Brc1ccc(-c2ccccn2)cc1.[Ir].c1ccc(-c2ccccn2)cc1.c1ccc(-c2ccccn2)cc1. The second kappa shape index (κ2) is 16.2. The van der Waals surface area contributed by atoms with Gasteiger partial charge in [-0.2, -0.15) is 0 Å². The molecule has 0 aliphatic rings. The van der Waals surface area contributed by atoms with Gasteiger partial charge in [0, 0.05) is 59.9 Å². The first-order valence-corrected chi connectivity index (χ1v) is 12.7. The van der Waals surface area contributed by atoms with Gasteiger partial charge >= 0.3 is 0 Å². The third-order valence-corrected chi connectivity index (χ3v) is 5.80. The molecule has 0 saturated heterocycles. The summed E-state index contributed by atoms with van der Waals surface area (Å²) in [6, 6.07) is 46.2. The van der Waals surface area contributed by atoms with E-state index in [4.69, 9.17) is 0 Å². The standard InChI is InChI=1S/C11H8BrN.2C11H9N.Ir/c12-10-6-4-9(5-7-10)11-3-1-2-8-13-11;2*1-2-6-10(7-3-1)11-8-4-5-9-12-11;/h1-8H;2*1-9H;. The van der Waals surface area contributed by atoms with Crippen LogP contribution < -0.4 is 0 Å². The topological polar surface area (TPSA) is 38.7 Å². The molecule has 0 atom stereocenters. The van der Waals surface area contributed by atoms with Gasteiger partial charge in [-0.1, -0.05) is 107 Å². The first kappa shape index (κ1) is 28.8. The van der Waals surface area contributed by atoms with Gasteiger partial charge in [-0.3, -0.25) is 15.0 Å². The van der Waals surface area contributed by atoms with Crippen molar-refractivity contribution in [3.8, 4) is 33.8 Å². The quantitative estimate of drug-likeness (QED) is 0.182. The maximum atomic E-state index is 4.26. The zero-order chi connectivity index (χ0) is 25.5. The molecule has 6 aromatic rings. The van der Waals surface area contributed by atoms with Crippen molar-refractivity contribution in [2.24, 2.45) is 0 Å². The molecule has 0 unspecified atom stereocenters. The zero-order valence-corrected chi connectivity index (χ0v) is 24.5. The van der Waals surface area contributed by atoms with Gasteiger partial charge in [0.05, 0.1) is 17.1 Å². The fourth-order valence-electron chi connectivity index (χ4n) is 3.44. The molecule has 0 aliphatic heterocycles. The number of hydrogen-bond donors (Lipinski definition) is 0. The van der Waals surface area contributed by atoms with E-state index in [-0.39, 0.29) is 20.1 Å². The van der Waals surface area contributed by atoms with Crippen molar-refractivity contribution in [1.29, 1.82) is 0 Å². The summed E-state index contributed by atoms with van der Waals surface area (Å²) < 4.78 is 1.09. The van der Waals surface area contributed by atoms with Crippen LogP contribution in [0.5, 0.6) is 0 Å². The van der Waals surface area contributed by atoms with Crippen LogP contribution in [0.4, 0.5) is 0 Å². The molecular formula is C33H26BrIrN3. The molecule has 0 spiro atoms. The largest absolute Gasteiger partial charge is 0.256 e. The Balaban J connectivity index is 0.000000156. The number of rotatable bonds is 3. The van der Waals surface area contributed by atoms with Gasteiger partial charge in [-0.25, -0.2) is 0 Å². The molecule has 0 aliphatic carbocycles. The van der Waals surface area contributed by atoms with Gasteiger partial charge in [0.2, 0.25) is 0 Å². The van der Waals surface area contributed by atoms with Crippen molar-refractivity contribution >= 4 is 15.9 Å². The van der Waals surface area contributed by atoms with E-state index in [2.05, 4.69) is 55.1 Å². The molecule has 189 valence electrons. The number of pyridine rings is 3. The molecular weight excluding hydrogens is 711 g/mol. The predicted octanol–water partition coefficient (Wildman–Crippen LogP) is 9.01. The summed E-state index contributed by atoms with van der Waals surface area (Å²) in [5.74, 6) is 0. The fraction of sp³-hybridized carbons (Fsp3) is 0. The molecule has 3 heterocycles. The summed E-state index contributed by atoms with van der Waals surface area (Å²) in [6.07, 6.45) is 5.42. The smallest absolute Gasteiger partial charge is 0.0701 e. The number of nitrogens with zero attached hydrogens (tertiary/aromatic N) is 3. The Labute approximate surface area is 246 Å². The zero-order valence-electron chi connectivity index (χ0n) is 20.6. The van der Waals surface area contributed by atoms with Gasteiger partial charge < -0.3 is 0 Å². The van der Waals surface area contributed by atoms with Crippen LogP contribution in [-0.2, 0) is 20.1 Å². The number of halogens is 1. The van der Waals surface area contributed by atoms with Crippen molar-refractivity contribution in [1.82, 2.24) is 15.0 Å². The molecule has 3 aromatic heterocycles. The Hall–Kier alpha value is -3.76. The Bertz CT molecular complexity index is 1280. The minimum absolute atomic E-state index is 0. The van der Waals surface area contributed by atoms with E-state index < -0.39 is 0 Å². The van der Waals surface area contributed by atoms with Gasteiger partial charge in [0.1, 0.15) is 0 Å². The molecule has 0 saturated carbocycles. The van der Waals surface area contributed by atoms with Crippen LogP contribution in [0.25, 0.3) is 33.8 Å². The summed E-state index contributed by atoms with van der Waals surface area (Å²) in [4.78, 5) is 12.8. The van der Waals surface area contributed by atoms with Crippen molar-refractivity contribution in [3.05, 3.63) is 163 Å². The summed E-state index contributed by atoms with van der Waals surface area (Å²) in [5.41, 5.74) is 6.53. The number of hydrogen-bond acceptors (Lipinski definition) is 3. The Morgan fingerprint density at radius 2 is 0.658 bits per heavy atom. The maximum absolute atomic E-state index is 4.26. The second-order valence-corrected chi connectivity index (χ2v) is 8.80. The van der Waals surface area contributed by atoms with Gasteiger partial charge in [0.25, 0.3) is 0 Å². The van der Waals surface area contributed by atoms with E-state index in [9.17, 15) is 0 Å². The van der Waals surface area contributed by atoms with Gasteiger partial charge in [-0.15, -0.1) is 0 Å². The average Bonchev–Trinajstić information content (AvgIpc) is 3.00. The van der Waals surface area contributed by atoms with Crippen LogP contribution >= 0.6 is 15.9 Å². The van der Waals surface area contributed by atoms with Crippen LogP contribution in [0, 0.1) is 0 Å². The number of benzene rings is 3. The van der Waals surface area contributed by atoms with E-state index in [1.165, 1.54) is 0 Å². The van der Waals surface area contributed by atoms with Crippen molar-refractivity contribution in [2.45, 2.75) is 0 Å². The fourth-order valence-corrected chi connectivity index (χ4v) is 3.70. The van der Waals surface area contributed by atoms with Crippen molar-refractivity contribution in [2.75, 3.05) is 0 Å². The summed E-state index contributed by atoms with van der Waals surface area (Å²) in [7, 11) is 0. The first-order chi connectivity index (χ1) is 18.3. The van der Waals surface area contributed by atoms with E-state index in [0.29, 0.717) is 0 Å². The summed E-state index contributed by atoms with van der Waals surface area (Å²) in [6.45, 7) is 0. The molecule has 3 nitrogen and oxygen atoms in total. The molecule has 0 amide bonds. The van der Waals surface area contributed by atoms with E-state index >= 15 is 0 Å². The maximum Gasteiger partial charge on any atom is 0.0701 e. The van der Waals surface area contributed by atoms with Crippen molar-refractivity contribution in [3.63, 3.8) is 0 Å². The number of aromatic nitrogens is 3. The molecule has 3 aromatic carbocycles. The third kappa shape index (κ3) is 9.28. The van der Waals surface area contributed by atoms with E-state index in [1.807, 2.05) is 128 Å². The van der Waals surface area contributed by atoms with Crippen LogP contribution in [0.15, 0.2) is 163 Å². The normalized spacial score (nSPS) is 9.50. The molecule has 0 fully saturated rings. The van der Waals surface area contributed by atoms with Gasteiger partial charge in [-0.05, 0) is 48.5 Å². The molecule has 38 heavy (non-hydrogen) atoms. The third-order valence-electron chi connectivity index (χ3n) is 5.27. The molecule has 5 heteroatoms. The van der Waals surface area contributed by atoms with Gasteiger partial charge in [0.15, 0.2) is 0 Å². The average molecular weight is 737 g/mol. The summed E-state index contributed by atoms with van der Waals surface area (Å²) >= 11 is 3.40. The van der Waals surface area contributed by atoms with Crippen LogP contribution in [0.1, 0.15) is 0 Å². The predicted molar refractivity (Wildman–Crippen MR) is 157 cm³/mol. The minimum atomic E-state index is 0. The molecule has 6 rings (SSSR count). The Morgan fingerprint density at radius 3 is 0.974 bits per heavy atom. The van der Waals surface area contributed by atoms with E-state index in [0.717, 1.165) is 38.2 Å². The summed E-state index contributed by atoms with van der Waals surface area (Å²) in [5, 5.41) is 0. The van der Waals surface area contributed by atoms with E-state index in [1.54, 1.807) is 6.20 Å². The Kier molecular flexibility index (Phi) is 12.2. The van der Waals surface area contributed by atoms with Crippen LogP contribution in [0.3, 0.4) is 0 Å². The second-order valence-electron chi connectivity index (χ2n) is 7.88. The van der Waals surface area contributed by atoms with Crippen LogP contribution in [0.2, 0.25) is 0 Å². The molecule has 0 N–H and O–H groups in total. The first-order valence-electron chi connectivity index (χ1n) is 11.9. The minimum Gasteiger partial charge on any atom is -0.256 e. The molecule has 0 bridgehead atoms.